The van der Waals surface area contributed by atoms with E-state index in [1.54, 1.807) is 0 Å². The van der Waals surface area contributed by atoms with Crippen molar-refractivity contribution in [2.45, 2.75) is 41.5 Å². The normalized spacial score (nSPS) is 10.6. The Morgan fingerprint density at radius 3 is 2.14 bits per heavy atom. The van der Waals surface area contributed by atoms with Crippen LogP contribution in [0.4, 0.5) is 5.69 Å². The SMILES string of the molecule is CCN(C(=O)c1cc(C)c(C)c(C)c1C)c1ccccc1C. The van der Waals surface area contributed by atoms with Gasteiger partial charge in [-0.2, -0.15) is 0 Å². The van der Waals surface area contributed by atoms with Crippen LogP contribution >= 0.6 is 0 Å². The molecule has 0 aliphatic heterocycles. The summed E-state index contributed by atoms with van der Waals surface area (Å²) < 4.78 is 0. The summed E-state index contributed by atoms with van der Waals surface area (Å²) >= 11 is 0. The first-order chi connectivity index (χ1) is 10.4. The van der Waals surface area contributed by atoms with Gasteiger partial charge in [0.15, 0.2) is 0 Å². The summed E-state index contributed by atoms with van der Waals surface area (Å²) in [6.45, 7) is 13.1. The Morgan fingerprint density at radius 1 is 0.909 bits per heavy atom. The van der Waals surface area contributed by atoms with E-state index in [2.05, 4.69) is 20.8 Å². The topological polar surface area (TPSA) is 20.3 Å². The van der Waals surface area contributed by atoms with Crippen LogP contribution in [0, 0.1) is 34.6 Å². The molecule has 0 aliphatic carbocycles. The number of benzene rings is 2. The van der Waals surface area contributed by atoms with Gasteiger partial charge in [-0.15, -0.1) is 0 Å². The third-order valence-corrected chi connectivity index (χ3v) is 4.68. The molecule has 0 aliphatic rings. The zero-order chi connectivity index (χ0) is 16.4. The van der Waals surface area contributed by atoms with E-state index < -0.39 is 0 Å². The van der Waals surface area contributed by atoms with Gasteiger partial charge in [-0.1, -0.05) is 18.2 Å². The summed E-state index contributed by atoms with van der Waals surface area (Å²) in [5.41, 5.74) is 7.66. The van der Waals surface area contributed by atoms with E-state index in [4.69, 9.17) is 0 Å². The van der Waals surface area contributed by atoms with Gasteiger partial charge < -0.3 is 4.90 Å². The second kappa shape index (κ2) is 6.35. The van der Waals surface area contributed by atoms with Crippen LogP contribution in [0.15, 0.2) is 30.3 Å². The van der Waals surface area contributed by atoms with E-state index in [-0.39, 0.29) is 5.91 Å². The Bertz CT molecular complexity index is 716. The summed E-state index contributed by atoms with van der Waals surface area (Å²) in [5, 5.41) is 0. The second-order valence-electron chi connectivity index (χ2n) is 5.95. The molecular formula is C20H25NO. The molecule has 0 fully saturated rings. The highest BCUT2D eigenvalue weighted by Gasteiger charge is 2.21. The highest BCUT2D eigenvalue weighted by Crippen LogP contribution is 2.26. The Hall–Kier alpha value is -2.09. The molecule has 2 nitrogen and oxygen atoms in total. The minimum atomic E-state index is 0.0838. The van der Waals surface area contributed by atoms with E-state index in [9.17, 15) is 4.79 Å². The van der Waals surface area contributed by atoms with Crippen molar-refractivity contribution < 1.29 is 4.79 Å². The summed E-state index contributed by atoms with van der Waals surface area (Å²) in [5.74, 6) is 0.0838. The molecule has 0 atom stereocenters. The number of hydrogen-bond donors (Lipinski definition) is 0. The van der Waals surface area contributed by atoms with Gasteiger partial charge in [0.2, 0.25) is 0 Å². The smallest absolute Gasteiger partial charge is 0.258 e. The first-order valence-electron chi connectivity index (χ1n) is 7.83. The van der Waals surface area contributed by atoms with Gasteiger partial charge in [0.05, 0.1) is 0 Å². The molecule has 0 N–H and O–H groups in total. The lowest BCUT2D eigenvalue weighted by atomic mass is 9.94. The van der Waals surface area contributed by atoms with Crippen molar-refractivity contribution in [3.63, 3.8) is 0 Å². The van der Waals surface area contributed by atoms with Crippen molar-refractivity contribution in [1.29, 1.82) is 0 Å². The zero-order valence-corrected chi connectivity index (χ0v) is 14.4. The van der Waals surface area contributed by atoms with Gasteiger partial charge in [-0.05, 0) is 81.5 Å². The van der Waals surface area contributed by atoms with Crippen LogP contribution in [-0.4, -0.2) is 12.5 Å². The number of nitrogens with zero attached hydrogens (tertiary/aromatic N) is 1. The molecule has 2 rings (SSSR count). The molecule has 0 unspecified atom stereocenters. The van der Waals surface area contributed by atoms with E-state index >= 15 is 0 Å². The monoisotopic (exact) mass is 295 g/mol. The number of hydrogen-bond acceptors (Lipinski definition) is 1. The number of rotatable bonds is 3. The molecule has 116 valence electrons. The summed E-state index contributed by atoms with van der Waals surface area (Å²) in [4.78, 5) is 15.0. The second-order valence-corrected chi connectivity index (χ2v) is 5.95. The standard InChI is InChI=1S/C20H25NO/c1-7-21(19-11-9-8-10-13(19)2)20(22)18-12-14(3)15(4)16(5)17(18)6/h8-12H,7H2,1-6H3. The first-order valence-corrected chi connectivity index (χ1v) is 7.83. The Morgan fingerprint density at radius 2 is 1.55 bits per heavy atom. The zero-order valence-electron chi connectivity index (χ0n) is 14.4. The van der Waals surface area contributed by atoms with Gasteiger partial charge in [-0.3, -0.25) is 4.79 Å². The largest absolute Gasteiger partial charge is 0.308 e. The minimum absolute atomic E-state index is 0.0838. The Labute approximate surface area is 133 Å². The van der Waals surface area contributed by atoms with Gasteiger partial charge in [-0.25, -0.2) is 0 Å². The van der Waals surface area contributed by atoms with Crippen molar-refractivity contribution in [2.24, 2.45) is 0 Å². The number of carbonyl (C=O) groups excluding carboxylic acids is 1. The molecule has 22 heavy (non-hydrogen) atoms. The fraction of sp³-hybridized carbons (Fsp3) is 0.350. The molecule has 0 saturated carbocycles. The summed E-state index contributed by atoms with van der Waals surface area (Å²) in [7, 11) is 0. The van der Waals surface area contributed by atoms with Crippen LogP contribution in [0.2, 0.25) is 0 Å². The third kappa shape index (κ3) is 2.78. The predicted octanol–water partition coefficient (Wildman–Crippen LogP) is 4.90. The van der Waals surface area contributed by atoms with E-state index in [1.807, 2.05) is 56.0 Å². The molecule has 0 radical (unpaired) electrons. The van der Waals surface area contributed by atoms with Crippen LogP contribution in [0.5, 0.6) is 0 Å². The van der Waals surface area contributed by atoms with Crippen LogP contribution in [0.25, 0.3) is 0 Å². The molecule has 2 aromatic rings. The fourth-order valence-electron chi connectivity index (χ4n) is 2.87. The highest BCUT2D eigenvalue weighted by molar-refractivity contribution is 6.07. The third-order valence-electron chi connectivity index (χ3n) is 4.68. The lowest BCUT2D eigenvalue weighted by molar-refractivity contribution is 0.0987. The van der Waals surface area contributed by atoms with Crippen LogP contribution < -0.4 is 4.90 Å². The number of para-hydroxylation sites is 1. The molecular weight excluding hydrogens is 270 g/mol. The average Bonchev–Trinajstić information content (AvgIpc) is 2.51. The average molecular weight is 295 g/mol. The minimum Gasteiger partial charge on any atom is -0.308 e. The molecule has 0 bridgehead atoms. The van der Waals surface area contributed by atoms with Gasteiger partial charge >= 0.3 is 0 Å². The van der Waals surface area contributed by atoms with Gasteiger partial charge in [0.1, 0.15) is 0 Å². The van der Waals surface area contributed by atoms with E-state index in [1.165, 1.54) is 16.7 Å². The van der Waals surface area contributed by atoms with E-state index in [0.29, 0.717) is 6.54 Å². The number of carbonyl (C=O) groups is 1. The summed E-state index contributed by atoms with van der Waals surface area (Å²) in [6, 6.07) is 10.1. The maximum Gasteiger partial charge on any atom is 0.258 e. The molecule has 2 aromatic carbocycles. The quantitative estimate of drug-likeness (QED) is 0.789. The van der Waals surface area contributed by atoms with Crippen LogP contribution in [-0.2, 0) is 0 Å². The number of amides is 1. The Balaban J connectivity index is 2.53. The Kier molecular flexibility index (Phi) is 4.70. The van der Waals surface area contributed by atoms with Crippen LogP contribution in [0.1, 0.15) is 45.1 Å². The van der Waals surface area contributed by atoms with Crippen molar-refractivity contribution in [1.82, 2.24) is 0 Å². The predicted molar refractivity (Wildman–Crippen MR) is 93.9 cm³/mol. The maximum absolute atomic E-state index is 13.1. The van der Waals surface area contributed by atoms with Crippen molar-refractivity contribution in [2.75, 3.05) is 11.4 Å². The fourth-order valence-corrected chi connectivity index (χ4v) is 2.87. The molecule has 0 aromatic heterocycles. The van der Waals surface area contributed by atoms with Gasteiger partial charge in [0.25, 0.3) is 5.91 Å². The molecule has 0 saturated heterocycles. The summed E-state index contributed by atoms with van der Waals surface area (Å²) in [6.07, 6.45) is 0. The molecule has 0 spiro atoms. The lowest BCUT2D eigenvalue weighted by Gasteiger charge is -2.25. The van der Waals surface area contributed by atoms with Crippen LogP contribution in [0.3, 0.4) is 0 Å². The molecule has 2 heteroatoms. The van der Waals surface area contributed by atoms with E-state index in [0.717, 1.165) is 22.4 Å². The molecule has 0 heterocycles. The lowest BCUT2D eigenvalue weighted by Crippen LogP contribution is -2.32. The van der Waals surface area contributed by atoms with Crippen molar-refractivity contribution in [3.05, 3.63) is 63.7 Å². The number of aryl methyl sites for hydroxylation is 2. The van der Waals surface area contributed by atoms with Gasteiger partial charge in [0, 0.05) is 17.8 Å². The highest BCUT2D eigenvalue weighted by atomic mass is 16.2. The first kappa shape index (κ1) is 16.3. The van der Waals surface area contributed by atoms with Crippen molar-refractivity contribution in [3.8, 4) is 0 Å². The maximum atomic E-state index is 13.1. The number of anilines is 1. The van der Waals surface area contributed by atoms with Crippen molar-refractivity contribution >= 4 is 11.6 Å². The molecule has 1 amide bonds.